The Morgan fingerprint density at radius 2 is 1.76 bits per heavy atom. The minimum Gasteiger partial charge on any atom is -0.479 e. The van der Waals surface area contributed by atoms with Crippen LogP contribution in [0.2, 0.25) is 5.02 Å². The molecule has 0 N–H and O–H groups in total. The molecule has 33 heavy (non-hydrogen) atoms. The number of rotatable bonds is 9. The standard InChI is InChI=1S/C24H23ClN2O6/c1-5-30-24(29)22(14(2)3)33-23(28)15(4)31-17-7-9-18(10-8-17)32-21-13-26-20-12-16(25)6-11-19(20)27-21/h6-13,15,22H,2,5H2,1,3-4H3/t15-,22-/m1/s1. The molecule has 2 atom stereocenters. The molecular formula is C24H23ClN2O6. The summed E-state index contributed by atoms with van der Waals surface area (Å²) in [5.74, 6) is -0.158. The third kappa shape index (κ3) is 6.43. The van der Waals surface area contributed by atoms with E-state index in [0.717, 1.165) is 0 Å². The Hall–Kier alpha value is -3.65. The van der Waals surface area contributed by atoms with E-state index in [0.29, 0.717) is 39.0 Å². The van der Waals surface area contributed by atoms with E-state index in [9.17, 15) is 9.59 Å². The van der Waals surface area contributed by atoms with Crippen LogP contribution in [0.25, 0.3) is 11.0 Å². The maximum atomic E-state index is 12.4. The van der Waals surface area contributed by atoms with Crippen LogP contribution in [-0.2, 0) is 19.1 Å². The molecule has 2 aromatic carbocycles. The largest absolute Gasteiger partial charge is 0.479 e. The second kappa shape index (κ2) is 10.8. The van der Waals surface area contributed by atoms with Crippen molar-refractivity contribution in [2.24, 2.45) is 0 Å². The third-order valence-electron chi connectivity index (χ3n) is 4.36. The van der Waals surface area contributed by atoms with Crippen molar-refractivity contribution in [2.45, 2.75) is 33.0 Å². The molecule has 9 heteroatoms. The Bertz CT molecular complexity index is 1170. The number of aromatic nitrogens is 2. The van der Waals surface area contributed by atoms with Gasteiger partial charge in [-0.25, -0.2) is 19.6 Å². The Kier molecular flexibility index (Phi) is 7.84. The molecule has 0 radical (unpaired) electrons. The normalized spacial score (nSPS) is 12.5. The number of benzene rings is 2. The minimum absolute atomic E-state index is 0.166. The predicted octanol–water partition coefficient (Wildman–Crippen LogP) is 4.89. The zero-order valence-corrected chi connectivity index (χ0v) is 19.2. The summed E-state index contributed by atoms with van der Waals surface area (Å²) in [6, 6.07) is 11.8. The van der Waals surface area contributed by atoms with Crippen LogP contribution in [0.5, 0.6) is 17.4 Å². The summed E-state index contributed by atoms with van der Waals surface area (Å²) in [4.78, 5) is 33.0. The number of carbonyl (C=O) groups excluding carboxylic acids is 2. The highest BCUT2D eigenvalue weighted by atomic mass is 35.5. The zero-order chi connectivity index (χ0) is 24.0. The highest BCUT2D eigenvalue weighted by Gasteiger charge is 2.28. The van der Waals surface area contributed by atoms with E-state index in [1.165, 1.54) is 13.1 Å². The van der Waals surface area contributed by atoms with Crippen LogP contribution in [0.3, 0.4) is 0 Å². The van der Waals surface area contributed by atoms with Gasteiger partial charge in [-0.3, -0.25) is 0 Å². The van der Waals surface area contributed by atoms with Gasteiger partial charge in [-0.15, -0.1) is 0 Å². The van der Waals surface area contributed by atoms with Crippen molar-refractivity contribution in [3.05, 3.63) is 65.8 Å². The lowest BCUT2D eigenvalue weighted by molar-refractivity contribution is -0.168. The molecule has 0 fully saturated rings. The zero-order valence-electron chi connectivity index (χ0n) is 18.4. The summed E-state index contributed by atoms with van der Waals surface area (Å²) in [6.45, 7) is 8.60. The van der Waals surface area contributed by atoms with Crippen molar-refractivity contribution in [1.82, 2.24) is 9.97 Å². The monoisotopic (exact) mass is 470 g/mol. The lowest BCUT2D eigenvalue weighted by Crippen LogP contribution is -2.35. The molecule has 0 saturated heterocycles. The molecule has 0 aliphatic rings. The van der Waals surface area contributed by atoms with Crippen molar-refractivity contribution >= 4 is 34.6 Å². The summed E-state index contributed by atoms with van der Waals surface area (Å²) < 4.78 is 21.5. The van der Waals surface area contributed by atoms with Crippen molar-refractivity contribution < 1.29 is 28.5 Å². The number of nitrogens with zero attached hydrogens (tertiary/aromatic N) is 2. The Morgan fingerprint density at radius 3 is 2.42 bits per heavy atom. The smallest absolute Gasteiger partial charge is 0.351 e. The fourth-order valence-electron chi connectivity index (χ4n) is 2.76. The van der Waals surface area contributed by atoms with Gasteiger partial charge in [0.05, 0.1) is 23.8 Å². The molecule has 0 unspecified atom stereocenters. The van der Waals surface area contributed by atoms with Gasteiger partial charge >= 0.3 is 11.9 Å². The van der Waals surface area contributed by atoms with Crippen LogP contribution in [0.4, 0.5) is 0 Å². The molecule has 0 saturated carbocycles. The first-order chi connectivity index (χ1) is 15.8. The summed E-state index contributed by atoms with van der Waals surface area (Å²) >= 11 is 5.96. The molecule has 0 bridgehead atoms. The van der Waals surface area contributed by atoms with Crippen LogP contribution in [0.1, 0.15) is 20.8 Å². The van der Waals surface area contributed by atoms with E-state index in [2.05, 4.69) is 16.5 Å². The van der Waals surface area contributed by atoms with Crippen LogP contribution in [0.15, 0.2) is 60.8 Å². The molecule has 0 aliphatic carbocycles. The topological polar surface area (TPSA) is 96.8 Å². The molecule has 1 aromatic heterocycles. The predicted molar refractivity (Wildman–Crippen MR) is 122 cm³/mol. The van der Waals surface area contributed by atoms with Crippen molar-refractivity contribution in [2.75, 3.05) is 6.61 Å². The van der Waals surface area contributed by atoms with Gasteiger partial charge in [0.25, 0.3) is 0 Å². The van der Waals surface area contributed by atoms with Gasteiger partial charge in [0.15, 0.2) is 6.10 Å². The van der Waals surface area contributed by atoms with E-state index >= 15 is 0 Å². The molecule has 8 nitrogen and oxygen atoms in total. The molecule has 172 valence electrons. The molecule has 0 amide bonds. The Balaban J connectivity index is 1.60. The number of esters is 2. The van der Waals surface area contributed by atoms with Crippen LogP contribution >= 0.6 is 11.6 Å². The fourth-order valence-corrected chi connectivity index (χ4v) is 2.92. The molecular weight excluding hydrogens is 448 g/mol. The number of hydrogen-bond acceptors (Lipinski definition) is 8. The summed E-state index contributed by atoms with van der Waals surface area (Å²) in [7, 11) is 0. The highest BCUT2D eigenvalue weighted by Crippen LogP contribution is 2.25. The van der Waals surface area contributed by atoms with Crippen LogP contribution in [-0.4, -0.2) is 40.7 Å². The summed E-state index contributed by atoms with van der Waals surface area (Å²) in [5, 5.41) is 0.579. The van der Waals surface area contributed by atoms with E-state index in [1.807, 2.05) is 0 Å². The highest BCUT2D eigenvalue weighted by molar-refractivity contribution is 6.31. The van der Waals surface area contributed by atoms with Crippen molar-refractivity contribution in [1.29, 1.82) is 0 Å². The average Bonchev–Trinajstić information content (AvgIpc) is 2.78. The minimum atomic E-state index is -1.18. The van der Waals surface area contributed by atoms with Crippen LogP contribution in [0, 0.1) is 0 Å². The van der Waals surface area contributed by atoms with Gasteiger partial charge in [-0.1, -0.05) is 18.2 Å². The Labute approximate surface area is 196 Å². The van der Waals surface area contributed by atoms with Gasteiger partial charge in [-0.2, -0.15) is 0 Å². The number of hydrogen-bond donors (Lipinski definition) is 0. The molecule has 0 spiro atoms. The van der Waals surface area contributed by atoms with Gasteiger partial charge in [0.2, 0.25) is 12.0 Å². The van der Waals surface area contributed by atoms with E-state index in [1.54, 1.807) is 56.3 Å². The maximum Gasteiger partial charge on any atom is 0.351 e. The first-order valence-corrected chi connectivity index (χ1v) is 10.5. The van der Waals surface area contributed by atoms with Crippen molar-refractivity contribution in [3.8, 4) is 17.4 Å². The van der Waals surface area contributed by atoms with Gasteiger partial charge in [0.1, 0.15) is 11.5 Å². The fraction of sp³-hybridized carbons (Fsp3) is 0.250. The number of fused-ring (bicyclic) bond motifs is 1. The SMILES string of the molecule is C=C(C)[C@@H](OC(=O)[C@@H](C)Oc1ccc(Oc2cnc3cc(Cl)ccc3n2)cc1)C(=O)OCC. The molecule has 1 heterocycles. The number of carbonyl (C=O) groups is 2. The summed E-state index contributed by atoms with van der Waals surface area (Å²) in [5.41, 5.74) is 1.67. The van der Waals surface area contributed by atoms with Crippen molar-refractivity contribution in [3.63, 3.8) is 0 Å². The molecule has 3 rings (SSSR count). The van der Waals surface area contributed by atoms with Gasteiger partial charge in [0, 0.05) is 5.02 Å². The first kappa shape index (κ1) is 24.0. The van der Waals surface area contributed by atoms with Gasteiger partial charge < -0.3 is 18.9 Å². The lowest BCUT2D eigenvalue weighted by Gasteiger charge is -2.19. The average molecular weight is 471 g/mol. The lowest BCUT2D eigenvalue weighted by atomic mass is 10.2. The number of halogens is 1. The van der Waals surface area contributed by atoms with Crippen LogP contribution < -0.4 is 9.47 Å². The first-order valence-electron chi connectivity index (χ1n) is 10.2. The van der Waals surface area contributed by atoms with E-state index in [4.69, 9.17) is 30.5 Å². The van der Waals surface area contributed by atoms with Gasteiger partial charge in [-0.05, 0) is 68.8 Å². The Morgan fingerprint density at radius 1 is 1.06 bits per heavy atom. The maximum absolute atomic E-state index is 12.4. The van der Waals surface area contributed by atoms with E-state index in [-0.39, 0.29) is 6.61 Å². The third-order valence-corrected chi connectivity index (χ3v) is 4.59. The number of ether oxygens (including phenoxy) is 4. The second-order valence-electron chi connectivity index (χ2n) is 7.09. The molecule has 3 aromatic rings. The second-order valence-corrected chi connectivity index (χ2v) is 7.53. The van der Waals surface area contributed by atoms with E-state index < -0.39 is 24.1 Å². The quantitative estimate of drug-likeness (QED) is 0.322. The molecule has 0 aliphatic heterocycles. The summed E-state index contributed by atoms with van der Waals surface area (Å²) in [6.07, 6.45) is -0.646.